The molecule has 2 unspecified atom stereocenters. The molecular weight excluding hydrogens is 320 g/mol. The van der Waals surface area contributed by atoms with Gasteiger partial charge in [0.05, 0.1) is 13.0 Å². The van der Waals surface area contributed by atoms with Crippen molar-refractivity contribution in [2.24, 2.45) is 5.92 Å². The Kier molecular flexibility index (Phi) is 4.20. The van der Waals surface area contributed by atoms with Crippen LogP contribution in [-0.4, -0.2) is 38.1 Å². The van der Waals surface area contributed by atoms with Gasteiger partial charge in [0.25, 0.3) is 0 Å². The summed E-state index contributed by atoms with van der Waals surface area (Å²) in [6.07, 6.45) is 0. The van der Waals surface area contributed by atoms with Crippen LogP contribution in [0.25, 0.3) is 0 Å². The van der Waals surface area contributed by atoms with E-state index in [1.165, 1.54) is 19.2 Å². The monoisotopic (exact) mass is 333 g/mol. The Bertz CT molecular complexity index is 486. The van der Waals surface area contributed by atoms with Gasteiger partial charge in [-0.15, -0.1) is 0 Å². The highest BCUT2D eigenvalue weighted by Crippen LogP contribution is 2.36. The van der Waals surface area contributed by atoms with Gasteiger partial charge >= 0.3 is 5.97 Å². The standard InChI is InChI=1S/C13H14BrF2NO2/c1-17-5-8(9(6-17)13(18)19-2)12-10(15)3-7(14)4-11(12)16/h3-4,8-9H,5-6H2,1-2H3. The van der Waals surface area contributed by atoms with Crippen molar-refractivity contribution in [2.75, 3.05) is 27.2 Å². The highest BCUT2D eigenvalue weighted by atomic mass is 79.9. The van der Waals surface area contributed by atoms with Gasteiger partial charge in [0.2, 0.25) is 0 Å². The summed E-state index contributed by atoms with van der Waals surface area (Å²) in [4.78, 5) is 13.6. The van der Waals surface area contributed by atoms with Crippen LogP contribution in [0.15, 0.2) is 16.6 Å². The first-order valence-electron chi connectivity index (χ1n) is 5.84. The molecule has 0 saturated carbocycles. The number of halogens is 3. The molecule has 2 atom stereocenters. The molecule has 0 aromatic heterocycles. The van der Waals surface area contributed by atoms with Gasteiger partial charge in [-0.1, -0.05) is 15.9 Å². The second-order valence-electron chi connectivity index (χ2n) is 4.74. The van der Waals surface area contributed by atoms with E-state index in [-0.39, 0.29) is 5.56 Å². The molecule has 0 spiro atoms. The normalized spacial score (nSPS) is 23.6. The van der Waals surface area contributed by atoms with Gasteiger partial charge < -0.3 is 9.64 Å². The predicted molar refractivity (Wildman–Crippen MR) is 69.8 cm³/mol. The number of benzene rings is 1. The molecule has 3 nitrogen and oxygen atoms in total. The van der Waals surface area contributed by atoms with E-state index in [0.29, 0.717) is 17.6 Å². The first kappa shape index (κ1) is 14.4. The fourth-order valence-electron chi connectivity index (χ4n) is 2.59. The number of methoxy groups -OCH3 is 1. The van der Waals surface area contributed by atoms with E-state index in [0.717, 1.165) is 0 Å². The Labute approximate surface area is 118 Å². The van der Waals surface area contributed by atoms with Gasteiger partial charge in [0.15, 0.2) is 0 Å². The fourth-order valence-corrected chi connectivity index (χ4v) is 2.99. The Morgan fingerprint density at radius 2 is 1.95 bits per heavy atom. The quantitative estimate of drug-likeness (QED) is 0.779. The summed E-state index contributed by atoms with van der Waals surface area (Å²) in [6.45, 7) is 0.863. The largest absolute Gasteiger partial charge is 0.469 e. The van der Waals surface area contributed by atoms with E-state index in [4.69, 9.17) is 4.74 Å². The van der Waals surface area contributed by atoms with Crippen LogP contribution < -0.4 is 0 Å². The molecule has 1 saturated heterocycles. The third kappa shape index (κ3) is 2.79. The molecule has 0 bridgehead atoms. The number of rotatable bonds is 2. The smallest absolute Gasteiger partial charge is 0.310 e. The van der Waals surface area contributed by atoms with E-state index in [1.54, 1.807) is 0 Å². The van der Waals surface area contributed by atoms with Gasteiger partial charge in [-0.05, 0) is 19.2 Å². The molecule has 1 aliphatic heterocycles. The number of esters is 1. The van der Waals surface area contributed by atoms with Gasteiger partial charge in [-0.25, -0.2) is 8.78 Å². The molecule has 2 rings (SSSR count). The minimum absolute atomic E-state index is 0.0389. The number of nitrogens with zero attached hydrogens (tertiary/aromatic N) is 1. The van der Waals surface area contributed by atoms with Crippen LogP contribution in [0.5, 0.6) is 0 Å². The van der Waals surface area contributed by atoms with Crippen molar-refractivity contribution >= 4 is 21.9 Å². The van der Waals surface area contributed by atoms with Gasteiger partial charge in [0.1, 0.15) is 11.6 Å². The van der Waals surface area contributed by atoms with E-state index in [9.17, 15) is 13.6 Å². The maximum Gasteiger partial charge on any atom is 0.310 e. The Morgan fingerprint density at radius 3 is 2.47 bits per heavy atom. The number of likely N-dealkylation sites (N-methyl/N-ethyl adjacent to an activating group) is 1. The van der Waals surface area contributed by atoms with E-state index in [1.807, 2.05) is 11.9 Å². The lowest BCUT2D eigenvalue weighted by Crippen LogP contribution is -2.24. The molecule has 1 fully saturated rings. The molecule has 0 amide bonds. The van der Waals surface area contributed by atoms with E-state index >= 15 is 0 Å². The molecular formula is C13H14BrF2NO2. The van der Waals surface area contributed by atoms with Gasteiger partial charge in [0, 0.05) is 29.0 Å². The maximum absolute atomic E-state index is 14.0. The van der Waals surface area contributed by atoms with Crippen LogP contribution >= 0.6 is 15.9 Å². The van der Waals surface area contributed by atoms with Crippen LogP contribution in [0.1, 0.15) is 11.5 Å². The fraction of sp³-hybridized carbons (Fsp3) is 0.462. The molecule has 1 heterocycles. The van der Waals surface area contributed by atoms with E-state index < -0.39 is 29.4 Å². The summed E-state index contributed by atoms with van der Waals surface area (Å²) in [5, 5.41) is 0. The number of ether oxygens (including phenoxy) is 1. The second kappa shape index (κ2) is 5.54. The van der Waals surface area contributed by atoms with Gasteiger partial charge in [-0.2, -0.15) is 0 Å². The lowest BCUT2D eigenvalue weighted by Gasteiger charge is -2.18. The minimum atomic E-state index is -0.638. The third-order valence-electron chi connectivity index (χ3n) is 3.42. The molecule has 0 N–H and O–H groups in total. The Balaban J connectivity index is 2.42. The number of carbonyl (C=O) groups is 1. The lowest BCUT2D eigenvalue weighted by molar-refractivity contribution is -0.145. The molecule has 104 valence electrons. The van der Waals surface area contributed by atoms with Gasteiger partial charge in [-0.3, -0.25) is 4.79 Å². The summed E-state index contributed by atoms with van der Waals surface area (Å²) in [5.41, 5.74) is -0.0389. The zero-order chi connectivity index (χ0) is 14.2. The number of hydrogen-bond acceptors (Lipinski definition) is 3. The molecule has 1 aromatic rings. The maximum atomic E-state index is 14.0. The summed E-state index contributed by atoms with van der Waals surface area (Å²) >= 11 is 3.04. The summed E-state index contributed by atoms with van der Waals surface area (Å²) in [6, 6.07) is 2.43. The first-order chi connectivity index (χ1) is 8.93. The first-order valence-corrected chi connectivity index (χ1v) is 6.64. The summed E-state index contributed by atoms with van der Waals surface area (Å²) < 4.78 is 33.0. The van der Waals surface area contributed by atoms with Crippen molar-refractivity contribution in [3.8, 4) is 0 Å². The van der Waals surface area contributed by atoms with Crippen molar-refractivity contribution in [3.05, 3.63) is 33.8 Å². The molecule has 0 radical (unpaired) electrons. The van der Waals surface area contributed by atoms with Crippen molar-refractivity contribution in [2.45, 2.75) is 5.92 Å². The lowest BCUT2D eigenvalue weighted by atomic mass is 9.88. The van der Waals surface area contributed by atoms with Crippen LogP contribution in [0.2, 0.25) is 0 Å². The van der Waals surface area contributed by atoms with E-state index in [2.05, 4.69) is 15.9 Å². The Hall–Kier alpha value is -1.01. The molecule has 1 aliphatic rings. The highest BCUT2D eigenvalue weighted by molar-refractivity contribution is 9.10. The average molecular weight is 334 g/mol. The van der Waals surface area contributed by atoms with Crippen LogP contribution in [0, 0.1) is 17.6 Å². The third-order valence-corrected chi connectivity index (χ3v) is 3.88. The van der Waals surface area contributed by atoms with Crippen molar-refractivity contribution in [1.29, 1.82) is 0 Å². The summed E-state index contributed by atoms with van der Waals surface area (Å²) in [5.74, 6) is -2.77. The topological polar surface area (TPSA) is 29.5 Å². The van der Waals surface area contributed by atoms with Crippen LogP contribution in [-0.2, 0) is 9.53 Å². The van der Waals surface area contributed by atoms with Crippen molar-refractivity contribution < 1.29 is 18.3 Å². The average Bonchev–Trinajstić information content (AvgIpc) is 2.69. The van der Waals surface area contributed by atoms with Crippen LogP contribution in [0.3, 0.4) is 0 Å². The second-order valence-corrected chi connectivity index (χ2v) is 5.66. The highest BCUT2D eigenvalue weighted by Gasteiger charge is 2.40. The zero-order valence-corrected chi connectivity index (χ0v) is 12.2. The predicted octanol–water partition coefficient (Wildman–Crippen LogP) is 2.55. The minimum Gasteiger partial charge on any atom is -0.469 e. The Morgan fingerprint density at radius 1 is 1.37 bits per heavy atom. The number of likely N-dealkylation sites (tertiary alicyclic amines) is 1. The molecule has 6 heteroatoms. The molecule has 0 aliphatic carbocycles. The van der Waals surface area contributed by atoms with Crippen LogP contribution in [0.4, 0.5) is 8.78 Å². The zero-order valence-electron chi connectivity index (χ0n) is 10.6. The number of hydrogen-bond donors (Lipinski definition) is 0. The summed E-state index contributed by atoms with van der Waals surface area (Å²) in [7, 11) is 3.09. The SMILES string of the molecule is COC(=O)C1CN(C)CC1c1c(F)cc(Br)cc1F. The molecule has 1 aromatic carbocycles. The van der Waals surface area contributed by atoms with Crippen molar-refractivity contribution in [3.63, 3.8) is 0 Å². The van der Waals surface area contributed by atoms with Crippen molar-refractivity contribution in [1.82, 2.24) is 4.90 Å². The number of carbonyl (C=O) groups excluding carboxylic acids is 1. The molecule has 19 heavy (non-hydrogen) atoms.